The van der Waals surface area contributed by atoms with Gasteiger partial charge >= 0.3 is 5.97 Å². The highest BCUT2D eigenvalue weighted by molar-refractivity contribution is 6.33. The van der Waals surface area contributed by atoms with Crippen molar-refractivity contribution in [3.05, 3.63) is 63.2 Å². The summed E-state index contributed by atoms with van der Waals surface area (Å²) in [6.45, 7) is -0.896. The summed E-state index contributed by atoms with van der Waals surface area (Å²) in [6, 6.07) is 9.94. The minimum absolute atomic E-state index is 0.0801. The lowest BCUT2D eigenvalue weighted by Crippen LogP contribution is -2.47. The molecule has 0 aliphatic carbocycles. The number of carbonyl (C=O) groups excluding carboxylic acids is 3. The van der Waals surface area contributed by atoms with Crippen LogP contribution >= 0.6 is 11.6 Å². The molecule has 0 saturated heterocycles. The van der Waals surface area contributed by atoms with Crippen LogP contribution in [0.5, 0.6) is 11.5 Å². The van der Waals surface area contributed by atoms with Crippen LogP contribution in [-0.2, 0) is 14.3 Å². The summed E-state index contributed by atoms with van der Waals surface area (Å²) < 4.78 is 15.6. The van der Waals surface area contributed by atoms with E-state index in [4.69, 9.17) is 25.8 Å². The van der Waals surface area contributed by atoms with Gasteiger partial charge in [0.2, 0.25) is 6.10 Å². The van der Waals surface area contributed by atoms with Crippen molar-refractivity contribution in [1.82, 2.24) is 5.32 Å². The molecular weight excluding hydrogens is 408 g/mol. The highest BCUT2D eigenvalue weighted by atomic mass is 35.5. The van der Waals surface area contributed by atoms with E-state index in [-0.39, 0.29) is 22.9 Å². The van der Waals surface area contributed by atoms with Crippen molar-refractivity contribution in [2.24, 2.45) is 0 Å². The summed E-state index contributed by atoms with van der Waals surface area (Å²) in [7, 11) is 0. The molecule has 2 amide bonds. The molecule has 1 N–H and O–H groups in total. The van der Waals surface area contributed by atoms with Gasteiger partial charge in [0.15, 0.2) is 18.1 Å². The van der Waals surface area contributed by atoms with E-state index in [2.05, 4.69) is 0 Å². The Bertz CT molecular complexity index is 994. The third kappa shape index (κ3) is 4.79. The summed E-state index contributed by atoms with van der Waals surface area (Å²) in [5.41, 5.74) is -0.642. The number of carbonyl (C=O) groups is 3. The van der Waals surface area contributed by atoms with Crippen LogP contribution in [0.4, 0.5) is 5.69 Å². The maximum atomic E-state index is 12.1. The van der Waals surface area contributed by atoms with Crippen molar-refractivity contribution in [1.29, 1.82) is 0 Å². The Kier molecular flexibility index (Phi) is 5.93. The standard InChI is InChI=1S/C18H13ClN2O8/c19-12-6-5-10(21(25)26)7-11(12)18(24)28-9-16(22)20-17(23)15-8-27-13-3-1-2-4-14(13)29-15/h1-7,15H,8-9H2,(H,20,22,23). The van der Waals surface area contributed by atoms with Crippen LogP contribution in [0, 0.1) is 10.1 Å². The van der Waals surface area contributed by atoms with E-state index in [9.17, 15) is 24.5 Å². The number of nitro groups is 1. The van der Waals surface area contributed by atoms with Crippen LogP contribution in [0.25, 0.3) is 0 Å². The predicted octanol–water partition coefficient (Wildman–Crippen LogP) is 1.89. The van der Waals surface area contributed by atoms with Crippen LogP contribution in [0.1, 0.15) is 10.4 Å². The molecule has 3 rings (SSSR count). The molecule has 2 aromatic rings. The Morgan fingerprint density at radius 1 is 1.21 bits per heavy atom. The summed E-state index contributed by atoms with van der Waals surface area (Å²) in [5.74, 6) is -1.89. The molecule has 0 saturated carbocycles. The van der Waals surface area contributed by atoms with Gasteiger partial charge in [0.05, 0.1) is 15.5 Å². The van der Waals surface area contributed by atoms with Crippen LogP contribution < -0.4 is 14.8 Å². The Balaban J connectivity index is 1.54. The molecule has 10 nitrogen and oxygen atoms in total. The van der Waals surface area contributed by atoms with Gasteiger partial charge in [-0.2, -0.15) is 0 Å². The average molecular weight is 421 g/mol. The second-order valence-corrected chi connectivity index (χ2v) is 6.18. The number of hydrogen-bond donors (Lipinski definition) is 1. The number of benzene rings is 2. The number of rotatable bonds is 5. The van der Waals surface area contributed by atoms with Gasteiger partial charge < -0.3 is 14.2 Å². The van der Waals surface area contributed by atoms with Crippen molar-refractivity contribution in [2.45, 2.75) is 6.10 Å². The van der Waals surface area contributed by atoms with E-state index in [1.165, 1.54) is 0 Å². The summed E-state index contributed by atoms with van der Waals surface area (Å²) in [4.78, 5) is 46.1. The Hall–Kier alpha value is -3.66. The van der Waals surface area contributed by atoms with E-state index in [0.717, 1.165) is 18.2 Å². The first-order valence-corrected chi connectivity index (χ1v) is 8.56. The zero-order valence-corrected chi connectivity index (χ0v) is 15.4. The van der Waals surface area contributed by atoms with Crippen molar-refractivity contribution >= 4 is 35.1 Å². The quantitative estimate of drug-likeness (QED) is 0.440. The molecule has 29 heavy (non-hydrogen) atoms. The predicted molar refractivity (Wildman–Crippen MR) is 97.9 cm³/mol. The number of halogens is 1. The average Bonchev–Trinajstić information content (AvgIpc) is 2.71. The minimum Gasteiger partial charge on any atom is -0.485 e. The van der Waals surface area contributed by atoms with Crippen molar-refractivity contribution in [3.63, 3.8) is 0 Å². The lowest BCUT2D eigenvalue weighted by atomic mass is 10.2. The topological polar surface area (TPSA) is 134 Å². The van der Waals surface area contributed by atoms with Gasteiger partial charge in [-0.15, -0.1) is 0 Å². The first-order valence-electron chi connectivity index (χ1n) is 8.18. The van der Waals surface area contributed by atoms with E-state index < -0.39 is 35.4 Å². The zero-order chi connectivity index (χ0) is 21.0. The smallest absolute Gasteiger partial charge is 0.340 e. The van der Waals surface area contributed by atoms with Crippen LogP contribution in [0.2, 0.25) is 5.02 Å². The number of amides is 2. The zero-order valence-electron chi connectivity index (χ0n) is 14.6. The van der Waals surface area contributed by atoms with Crippen molar-refractivity contribution in [3.8, 4) is 11.5 Å². The fourth-order valence-corrected chi connectivity index (χ4v) is 2.59. The molecular formula is C18H13ClN2O8. The molecule has 1 aliphatic rings. The fraction of sp³-hybridized carbons (Fsp3) is 0.167. The normalized spacial score (nSPS) is 14.6. The number of esters is 1. The molecule has 1 aliphatic heterocycles. The maximum Gasteiger partial charge on any atom is 0.340 e. The second kappa shape index (κ2) is 8.57. The lowest BCUT2D eigenvalue weighted by molar-refractivity contribution is -0.384. The van der Waals surface area contributed by atoms with E-state index in [1.807, 2.05) is 5.32 Å². The highest BCUT2D eigenvalue weighted by Gasteiger charge is 2.28. The number of fused-ring (bicyclic) bond motifs is 1. The number of imide groups is 1. The number of para-hydroxylation sites is 2. The van der Waals surface area contributed by atoms with Gasteiger partial charge in [-0.1, -0.05) is 23.7 Å². The monoisotopic (exact) mass is 420 g/mol. The Morgan fingerprint density at radius 3 is 2.66 bits per heavy atom. The van der Waals surface area contributed by atoms with Gasteiger partial charge in [0, 0.05) is 12.1 Å². The molecule has 2 aromatic carbocycles. The molecule has 1 heterocycles. The molecule has 0 spiro atoms. The summed E-state index contributed by atoms with van der Waals surface area (Å²) >= 11 is 5.83. The highest BCUT2D eigenvalue weighted by Crippen LogP contribution is 2.30. The maximum absolute atomic E-state index is 12.1. The third-order valence-corrected chi connectivity index (χ3v) is 4.11. The summed E-state index contributed by atoms with van der Waals surface area (Å²) in [6.07, 6.45) is -1.06. The number of nitro benzene ring substituents is 1. The molecule has 11 heteroatoms. The van der Waals surface area contributed by atoms with Crippen molar-refractivity contribution in [2.75, 3.05) is 13.2 Å². The fourth-order valence-electron chi connectivity index (χ4n) is 2.39. The molecule has 0 aromatic heterocycles. The molecule has 0 fully saturated rings. The van der Waals surface area contributed by atoms with Crippen LogP contribution in [-0.4, -0.2) is 42.0 Å². The Labute approximate surface area is 168 Å². The van der Waals surface area contributed by atoms with Gasteiger partial charge in [0.1, 0.15) is 6.61 Å². The number of ether oxygens (including phenoxy) is 3. The third-order valence-electron chi connectivity index (χ3n) is 3.78. The van der Waals surface area contributed by atoms with E-state index in [1.54, 1.807) is 24.3 Å². The van der Waals surface area contributed by atoms with Crippen LogP contribution in [0.15, 0.2) is 42.5 Å². The summed E-state index contributed by atoms with van der Waals surface area (Å²) in [5, 5.41) is 12.7. The first kappa shape index (κ1) is 20.1. The minimum atomic E-state index is -1.06. The van der Waals surface area contributed by atoms with Gasteiger partial charge in [0.25, 0.3) is 17.5 Å². The molecule has 1 unspecified atom stereocenters. The molecule has 1 atom stereocenters. The van der Waals surface area contributed by atoms with E-state index >= 15 is 0 Å². The molecule has 150 valence electrons. The number of nitrogens with one attached hydrogen (secondary N) is 1. The van der Waals surface area contributed by atoms with E-state index in [0.29, 0.717) is 11.5 Å². The first-order chi connectivity index (χ1) is 13.8. The second-order valence-electron chi connectivity index (χ2n) is 5.77. The number of non-ortho nitro benzene ring substituents is 1. The van der Waals surface area contributed by atoms with Crippen molar-refractivity contribution < 1.29 is 33.5 Å². The molecule has 0 bridgehead atoms. The van der Waals surface area contributed by atoms with Crippen LogP contribution in [0.3, 0.4) is 0 Å². The van der Waals surface area contributed by atoms with Gasteiger partial charge in [-0.05, 0) is 18.2 Å². The van der Waals surface area contributed by atoms with Gasteiger partial charge in [-0.25, -0.2) is 4.79 Å². The number of nitrogens with zero attached hydrogens (tertiary/aromatic N) is 1. The largest absolute Gasteiger partial charge is 0.485 e. The number of hydrogen-bond acceptors (Lipinski definition) is 8. The van der Waals surface area contributed by atoms with Gasteiger partial charge in [-0.3, -0.25) is 25.0 Å². The lowest BCUT2D eigenvalue weighted by Gasteiger charge is -2.25. The SMILES string of the molecule is O=C(COC(=O)c1cc([N+](=O)[O-])ccc1Cl)NC(=O)C1COc2ccccc2O1. The molecule has 0 radical (unpaired) electrons. The Morgan fingerprint density at radius 2 is 1.93 bits per heavy atom.